The number of esters is 1. The number of ether oxygens (including phenoxy) is 1. The molecule has 1 N–H and O–H groups in total. The van der Waals surface area contributed by atoms with E-state index >= 15 is 0 Å². The van der Waals surface area contributed by atoms with Gasteiger partial charge in [-0.3, -0.25) is 9.59 Å². The second-order valence-corrected chi connectivity index (χ2v) is 7.23. The summed E-state index contributed by atoms with van der Waals surface area (Å²) < 4.78 is 5.26. The molecule has 0 aliphatic rings. The maximum absolute atomic E-state index is 12.7. The van der Waals surface area contributed by atoms with Gasteiger partial charge in [-0.15, -0.1) is 0 Å². The fourth-order valence-corrected chi connectivity index (χ4v) is 3.20. The highest BCUT2D eigenvalue weighted by atomic mass is 16.5. The number of nitrogens with zero attached hydrogens (tertiary/aromatic N) is 2. The maximum atomic E-state index is 12.7. The highest BCUT2D eigenvalue weighted by Gasteiger charge is 2.20. The minimum atomic E-state index is -0.739. The average Bonchev–Trinajstić information content (AvgIpc) is 2.83. The topological polar surface area (TPSA) is 99.5 Å². The third kappa shape index (κ3) is 6.28. The van der Waals surface area contributed by atoms with Crippen LogP contribution in [-0.4, -0.2) is 30.9 Å². The molecule has 3 rings (SSSR count). The van der Waals surface area contributed by atoms with Crippen molar-refractivity contribution < 1.29 is 19.1 Å². The van der Waals surface area contributed by atoms with E-state index in [0.717, 1.165) is 5.56 Å². The molecule has 3 aromatic carbocycles. The van der Waals surface area contributed by atoms with Crippen LogP contribution in [0.4, 0.5) is 11.4 Å². The Bertz CT molecular complexity index is 1190. The zero-order valence-corrected chi connectivity index (χ0v) is 18.2. The lowest BCUT2D eigenvalue weighted by molar-refractivity contribution is -0.121. The van der Waals surface area contributed by atoms with Crippen molar-refractivity contribution in [1.82, 2.24) is 0 Å². The van der Waals surface area contributed by atoms with Crippen LogP contribution in [0.1, 0.15) is 32.7 Å². The molecule has 0 heterocycles. The van der Waals surface area contributed by atoms with Crippen molar-refractivity contribution in [3.8, 4) is 6.07 Å². The molecule has 0 spiro atoms. The summed E-state index contributed by atoms with van der Waals surface area (Å²) in [7, 11) is 0. The van der Waals surface area contributed by atoms with E-state index in [-0.39, 0.29) is 30.1 Å². The van der Waals surface area contributed by atoms with Crippen molar-refractivity contribution in [3.05, 3.63) is 95.6 Å². The van der Waals surface area contributed by atoms with Gasteiger partial charge in [0, 0.05) is 17.8 Å². The number of rotatable bonds is 8. The molecule has 0 saturated carbocycles. The van der Waals surface area contributed by atoms with Crippen LogP contribution in [0.2, 0.25) is 0 Å². The number of hydrogen-bond donors (Lipinski definition) is 1. The molecule has 0 radical (unpaired) electrons. The first kappa shape index (κ1) is 23.2. The number of amides is 2. The minimum absolute atomic E-state index is 0.134. The number of aryl methyl sites for hydroxylation is 1. The molecular weight excluding hydrogens is 418 g/mol. The molecule has 7 nitrogen and oxygen atoms in total. The maximum Gasteiger partial charge on any atom is 0.340 e. The third-order valence-corrected chi connectivity index (χ3v) is 4.82. The lowest BCUT2D eigenvalue weighted by Crippen LogP contribution is -2.35. The first-order chi connectivity index (χ1) is 16.0. The summed E-state index contributed by atoms with van der Waals surface area (Å²) in [4.78, 5) is 39.5. The van der Waals surface area contributed by atoms with Crippen LogP contribution in [0, 0.1) is 18.3 Å². The van der Waals surface area contributed by atoms with Gasteiger partial charge in [-0.25, -0.2) is 4.79 Å². The van der Waals surface area contributed by atoms with Crippen molar-refractivity contribution in [3.63, 3.8) is 0 Å². The van der Waals surface area contributed by atoms with E-state index in [1.807, 2.05) is 25.1 Å². The fourth-order valence-electron chi connectivity index (χ4n) is 3.20. The molecule has 0 bridgehead atoms. The van der Waals surface area contributed by atoms with Crippen LogP contribution in [0.3, 0.4) is 0 Å². The monoisotopic (exact) mass is 441 g/mol. The average molecular weight is 441 g/mol. The second kappa shape index (κ2) is 11.3. The van der Waals surface area contributed by atoms with Gasteiger partial charge in [0.2, 0.25) is 0 Å². The number of hydrogen-bond acceptors (Lipinski definition) is 5. The molecule has 166 valence electrons. The van der Waals surface area contributed by atoms with Gasteiger partial charge in [0.25, 0.3) is 11.8 Å². The third-order valence-electron chi connectivity index (χ3n) is 4.82. The standard InChI is InChI=1S/C26H23N3O4/c1-19-9-7-10-20(17-19)25(31)28-23-14-6-5-13-22(23)26(32)33-18-24(30)29(16-8-15-27)21-11-3-2-4-12-21/h2-7,9-14,17H,8,16,18H2,1H3,(H,28,31). The molecule has 0 fully saturated rings. The molecule has 2 amide bonds. The van der Waals surface area contributed by atoms with Crippen LogP contribution in [0.5, 0.6) is 0 Å². The zero-order valence-electron chi connectivity index (χ0n) is 18.2. The lowest BCUT2D eigenvalue weighted by Gasteiger charge is -2.21. The van der Waals surface area contributed by atoms with Gasteiger partial charge < -0.3 is 15.0 Å². The smallest absolute Gasteiger partial charge is 0.340 e. The van der Waals surface area contributed by atoms with Gasteiger partial charge in [0.05, 0.1) is 23.7 Å². The molecule has 0 aromatic heterocycles. The Labute approximate surface area is 192 Å². The van der Waals surface area contributed by atoms with E-state index in [1.165, 1.54) is 11.0 Å². The summed E-state index contributed by atoms with van der Waals surface area (Å²) in [5, 5.41) is 11.6. The van der Waals surface area contributed by atoms with Crippen molar-refractivity contribution in [1.29, 1.82) is 5.26 Å². The number of nitriles is 1. The summed E-state index contributed by atoms with van der Waals surface area (Å²) >= 11 is 0. The molecule has 0 unspecified atom stereocenters. The van der Waals surface area contributed by atoms with Gasteiger partial charge in [-0.05, 0) is 43.3 Å². The largest absolute Gasteiger partial charge is 0.452 e. The number of para-hydroxylation sites is 2. The first-order valence-corrected chi connectivity index (χ1v) is 10.4. The second-order valence-electron chi connectivity index (χ2n) is 7.23. The van der Waals surface area contributed by atoms with Crippen molar-refractivity contribution in [2.45, 2.75) is 13.3 Å². The molecule has 7 heteroatoms. The van der Waals surface area contributed by atoms with E-state index in [1.54, 1.807) is 60.7 Å². The number of nitrogens with one attached hydrogen (secondary N) is 1. The van der Waals surface area contributed by atoms with Crippen molar-refractivity contribution in [2.75, 3.05) is 23.4 Å². The Morgan fingerprint density at radius 2 is 1.70 bits per heavy atom. The quantitative estimate of drug-likeness (QED) is 0.524. The van der Waals surface area contributed by atoms with Gasteiger partial charge in [0.15, 0.2) is 6.61 Å². The molecule has 0 saturated heterocycles. The molecule has 33 heavy (non-hydrogen) atoms. The predicted molar refractivity (Wildman–Crippen MR) is 125 cm³/mol. The zero-order chi connectivity index (χ0) is 23.6. The highest BCUT2D eigenvalue weighted by Crippen LogP contribution is 2.19. The van der Waals surface area contributed by atoms with Crippen molar-refractivity contribution >= 4 is 29.2 Å². The van der Waals surface area contributed by atoms with Gasteiger partial charge in [-0.1, -0.05) is 48.0 Å². The number of carbonyl (C=O) groups excluding carboxylic acids is 3. The van der Waals surface area contributed by atoms with Crippen LogP contribution in [0.25, 0.3) is 0 Å². The Balaban J connectivity index is 1.69. The van der Waals surface area contributed by atoms with Crippen LogP contribution < -0.4 is 10.2 Å². The Morgan fingerprint density at radius 3 is 2.42 bits per heavy atom. The van der Waals surface area contributed by atoms with E-state index < -0.39 is 18.5 Å². The first-order valence-electron chi connectivity index (χ1n) is 10.4. The minimum Gasteiger partial charge on any atom is -0.452 e. The van der Waals surface area contributed by atoms with Crippen molar-refractivity contribution in [2.24, 2.45) is 0 Å². The van der Waals surface area contributed by atoms with E-state index in [2.05, 4.69) is 5.32 Å². The van der Waals surface area contributed by atoms with Crippen LogP contribution >= 0.6 is 0 Å². The number of benzene rings is 3. The van der Waals surface area contributed by atoms with Crippen LogP contribution in [0.15, 0.2) is 78.9 Å². The Morgan fingerprint density at radius 1 is 0.970 bits per heavy atom. The summed E-state index contributed by atoms with van der Waals surface area (Å²) in [6, 6.07) is 24.4. The molecule has 3 aromatic rings. The van der Waals surface area contributed by atoms with E-state index in [4.69, 9.17) is 10.00 Å². The van der Waals surface area contributed by atoms with Crippen LogP contribution in [-0.2, 0) is 9.53 Å². The number of carbonyl (C=O) groups is 3. The Hall–Kier alpha value is -4.44. The summed E-state index contributed by atoms with van der Waals surface area (Å²) in [5.41, 5.74) is 2.43. The molecule has 0 atom stereocenters. The summed E-state index contributed by atoms with van der Waals surface area (Å²) in [6.07, 6.45) is 0.141. The van der Waals surface area contributed by atoms with E-state index in [0.29, 0.717) is 11.3 Å². The predicted octanol–water partition coefficient (Wildman–Crippen LogP) is 4.35. The summed E-state index contributed by atoms with van der Waals surface area (Å²) in [6.45, 7) is 1.56. The van der Waals surface area contributed by atoms with Gasteiger partial charge in [-0.2, -0.15) is 5.26 Å². The van der Waals surface area contributed by atoms with Gasteiger partial charge >= 0.3 is 5.97 Å². The molecule has 0 aliphatic carbocycles. The highest BCUT2D eigenvalue weighted by molar-refractivity contribution is 6.08. The van der Waals surface area contributed by atoms with Gasteiger partial charge in [0.1, 0.15) is 0 Å². The SMILES string of the molecule is Cc1cccc(C(=O)Nc2ccccc2C(=O)OCC(=O)N(CCC#N)c2ccccc2)c1. The number of anilines is 2. The fraction of sp³-hybridized carbons (Fsp3) is 0.154. The summed E-state index contributed by atoms with van der Waals surface area (Å²) in [5.74, 6) is -1.55. The Kier molecular flexibility index (Phi) is 7.92. The molecule has 0 aliphatic heterocycles. The molecular formula is C26H23N3O4. The lowest BCUT2D eigenvalue weighted by atomic mass is 10.1. The van der Waals surface area contributed by atoms with E-state index in [9.17, 15) is 14.4 Å². The normalized spacial score (nSPS) is 10.1.